The predicted octanol–water partition coefficient (Wildman–Crippen LogP) is 2.49. The summed E-state index contributed by atoms with van der Waals surface area (Å²) in [6.45, 7) is 1.02. The molecule has 0 bridgehead atoms. The number of carbonyl (C=O) groups is 2. The van der Waals surface area contributed by atoms with E-state index >= 15 is 0 Å². The largest absolute Gasteiger partial charge is 0.356 e. The van der Waals surface area contributed by atoms with Crippen molar-refractivity contribution in [1.82, 2.24) is 10.6 Å². The summed E-state index contributed by atoms with van der Waals surface area (Å²) >= 11 is 11.9. The van der Waals surface area contributed by atoms with Crippen LogP contribution in [0.15, 0.2) is 18.2 Å². The van der Waals surface area contributed by atoms with Crippen LogP contribution in [0.2, 0.25) is 10.0 Å². The van der Waals surface area contributed by atoms with Crippen LogP contribution in [0.4, 0.5) is 4.79 Å². The molecule has 0 aliphatic carbocycles. The summed E-state index contributed by atoms with van der Waals surface area (Å²) in [7, 11) is 0. The number of primary amides is 1. The molecule has 1 aromatic rings. The van der Waals surface area contributed by atoms with E-state index in [0.717, 1.165) is 12.0 Å². The molecule has 7 heteroatoms. The molecule has 0 unspecified atom stereocenters. The zero-order chi connectivity index (χ0) is 15.7. The third-order valence-electron chi connectivity index (χ3n) is 2.86. The van der Waals surface area contributed by atoms with E-state index in [4.69, 9.17) is 28.9 Å². The quantitative estimate of drug-likeness (QED) is 0.639. The minimum absolute atomic E-state index is 0.0147. The maximum Gasteiger partial charge on any atom is 0.312 e. The molecule has 0 fully saturated rings. The first kappa shape index (κ1) is 17.6. The molecule has 21 heavy (non-hydrogen) atoms. The maximum absolute atomic E-state index is 11.6. The Balaban J connectivity index is 2.14. The van der Waals surface area contributed by atoms with Gasteiger partial charge in [0.2, 0.25) is 5.91 Å². The summed E-state index contributed by atoms with van der Waals surface area (Å²) in [5.74, 6) is -0.0147. The SMILES string of the molecule is NC(=O)NCCCCC(=O)NCCc1ccc(Cl)cc1Cl. The Morgan fingerprint density at radius 3 is 2.52 bits per heavy atom. The second kappa shape index (κ2) is 9.47. The Hall–Kier alpha value is -1.46. The minimum atomic E-state index is -0.542. The first-order valence-corrected chi connectivity index (χ1v) is 7.48. The summed E-state index contributed by atoms with van der Waals surface area (Å²) in [6, 6.07) is 4.77. The summed E-state index contributed by atoms with van der Waals surface area (Å²) in [5.41, 5.74) is 5.88. The van der Waals surface area contributed by atoms with Crippen molar-refractivity contribution in [3.05, 3.63) is 33.8 Å². The standard InChI is InChI=1S/C14H19Cl2N3O2/c15-11-5-4-10(12(16)9-11)6-8-18-13(20)3-1-2-7-19-14(17)21/h4-5,9H,1-3,6-8H2,(H,18,20)(H3,17,19,21). The van der Waals surface area contributed by atoms with Gasteiger partial charge in [0, 0.05) is 29.6 Å². The van der Waals surface area contributed by atoms with Gasteiger partial charge in [0.1, 0.15) is 0 Å². The van der Waals surface area contributed by atoms with Crippen LogP contribution in [0.1, 0.15) is 24.8 Å². The molecule has 0 saturated heterocycles. The van der Waals surface area contributed by atoms with Gasteiger partial charge in [-0.3, -0.25) is 4.79 Å². The van der Waals surface area contributed by atoms with Gasteiger partial charge in [-0.05, 0) is 37.0 Å². The Morgan fingerprint density at radius 2 is 1.86 bits per heavy atom. The minimum Gasteiger partial charge on any atom is -0.356 e. The Bertz CT molecular complexity index is 495. The van der Waals surface area contributed by atoms with Gasteiger partial charge in [-0.25, -0.2) is 4.79 Å². The van der Waals surface area contributed by atoms with Gasteiger partial charge in [0.25, 0.3) is 0 Å². The molecule has 4 N–H and O–H groups in total. The van der Waals surface area contributed by atoms with Gasteiger partial charge in [-0.15, -0.1) is 0 Å². The van der Waals surface area contributed by atoms with Gasteiger partial charge in [0.15, 0.2) is 0 Å². The van der Waals surface area contributed by atoms with Crippen LogP contribution in [0.3, 0.4) is 0 Å². The fourth-order valence-electron chi connectivity index (χ4n) is 1.77. The molecule has 116 valence electrons. The highest BCUT2D eigenvalue weighted by Crippen LogP contribution is 2.20. The molecule has 0 radical (unpaired) electrons. The number of hydrogen-bond acceptors (Lipinski definition) is 2. The van der Waals surface area contributed by atoms with Crippen molar-refractivity contribution < 1.29 is 9.59 Å². The van der Waals surface area contributed by atoms with Crippen molar-refractivity contribution in [2.24, 2.45) is 5.73 Å². The number of carbonyl (C=O) groups excluding carboxylic acids is 2. The van der Waals surface area contributed by atoms with Crippen LogP contribution >= 0.6 is 23.2 Å². The van der Waals surface area contributed by atoms with Crippen molar-refractivity contribution in [3.63, 3.8) is 0 Å². The Kier molecular flexibility index (Phi) is 7.93. The number of rotatable bonds is 8. The first-order valence-electron chi connectivity index (χ1n) is 6.73. The van der Waals surface area contributed by atoms with Crippen molar-refractivity contribution in [2.45, 2.75) is 25.7 Å². The van der Waals surface area contributed by atoms with Gasteiger partial charge in [-0.1, -0.05) is 29.3 Å². The van der Waals surface area contributed by atoms with E-state index in [9.17, 15) is 9.59 Å². The number of nitrogens with one attached hydrogen (secondary N) is 2. The summed E-state index contributed by atoms with van der Waals surface area (Å²) in [4.78, 5) is 22.0. The van der Waals surface area contributed by atoms with Crippen LogP contribution in [0.5, 0.6) is 0 Å². The number of benzene rings is 1. The van der Waals surface area contributed by atoms with E-state index in [1.807, 2.05) is 6.07 Å². The molecule has 1 rings (SSSR count). The number of urea groups is 1. The Morgan fingerprint density at radius 1 is 1.10 bits per heavy atom. The van der Waals surface area contributed by atoms with Crippen molar-refractivity contribution >= 4 is 35.1 Å². The van der Waals surface area contributed by atoms with E-state index in [1.165, 1.54) is 0 Å². The van der Waals surface area contributed by atoms with Crippen LogP contribution < -0.4 is 16.4 Å². The highest BCUT2D eigenvalue weighted by molar-refractivity contribution is 6.35. The zero-order valence-corrected chi connectivity index (χ0v) is 13.1. The van der Waals surface area contributed by atoms with E-state index in [0.29, 0.717) is 42.4 Å². The number of hydrogen-bond donors (Lipinski definition) is 3. The van der Waals surface area contributed by atoms with E-state index in [2.05, 4.69) is 10.6 Å². The normalized spacial score (nSPS) is 10.2. The van der Waals surface area contributed by atoms with E-state index in [1.54, 1.807) is 12.1 Å². The van der Waals surface area contributed by atoms with Crippen LogP contribution in [0, 0.1) is 0 Å². The van der Waals surface area contributed by atoms with Crippen LogP contribution in [-0.4, -0.2) is 25.0 Å². The average Bonchev–Trinajstić information content (AvgIpc) is 2.40. The van der Waals surface area contributed by atoms with Crippen molar-refractivity contribution in [3.8, 4) is 0 Å². The van der Waals surface area contributed by atoms with Gasteiger partial charge >= 0.3 is 6.03 Å². The molecular weight excluding hydrogens is 313 g/mol. The maximum atomic E-state index is 11.6. The summed E-state index contributed by atoms with van der Waals surface area (Å²) < 4.78 is 0. The first-order chi connectivity index (χ1) is 9.99. The Labute approximate surface area is 134 Å². The lowest BCUT2D eigenvalue weighted by molar-refractivity contribution is -0.121. The number of nitrogens with two attached hydrogens (primary N) is 1. The molecule has 5 nitrogen and oxygen atoms in total. The van der Waals surface area contributed by atoms with Crippen molar-refractivity contribution in [1.29, 1.82) is 0 Å². The smallest absolute Gasteiger partial charge is 0.312 e. The van der Waals surface area contributed by atoms with Crippen LogP contribution in [-0.2, 0) is 11.2 Å². The molecule has 0 spiro atoms. The predicted molar refractivity (Wildman–Crippen MR) is 84.6 cm³/mol. The molecule has 0 aliphatic heterocycles. The second-order valence-electron chi connectivity index (χ2n) is 4.58. The third kappa shape index (κ3) is 7.78. The molecule has 1 aromatic carbocycles. The zero-order valence-electron chi connectivity index (χ0n) is 11.6. The van der Waals surface area contributed by atoms with Crippen LogP contribution in [0.25, 0.3) is 0 Å². The van der Waals surface area contributed by atoms with E-state index < -0.39 is 6.03 Å². The fourth-order valence-corrected chi connectivity index (χ4v) is 2.27. The lowest BCUT2D eigenvalue weighted by atomic mass is 10.1. The van der Waals surface area contributed by atoms with Gasteiger partial charge in [0.05, 0.1) is 0 Å². The molecule has 0 atom stereocenters. The summed E-state index contributed by atoms with van der Waals surface area (Å²) in [6.07, 6.45) is 2.51. The molecule has 0 saturated carbocycles. The summed E-state index contributed by atoms with van der Waals surface area (Å²) in [5, 5.41) is 6.51. The highest BCUT2D eigenvalue weighted by Gasteiger charge is 2.04. The van der Waals surface area contributed by atoms with Gasteiger partial charge in [-0.2, -0.15) is 0 Å². The number of amides is 3. The highest BCUT2D eigenvalue weighted by atomic mass is 35.5. The van der Waals surface area contributed by atoms with E-state index in [-0.39, 0.29) is 5.91 Å². The van der Waals surface area contributed by atoms with Crippen molar-refractivity contribution in [2.75, 3.05) is 13.1 Å². The molecule has 3 amide bonds. The average molecular weight is 332 g/mol. The molecule has 0 heterocycles. The lowest BCUT2D eigenvalue weighted by Crippen LogP contribution is -2.30. The topological polar surface area (TPSA) is 84.2 Å². The fraction of sp³-hybridized carbons (Fsp3) is 0.429. The third-order valence-corrected chi connectivity index (χ3v) is 3.45. The lowest BCUT2D eigenvalue weighted by Gasteiger charge is -2.07. The molecule has 0 aromatic heterocycles. The molecule has 0 aliphatic rings. The number of unbranched alkanes of at least 4 members (excludes halogenated alkanes) is 1. The second-order valence-corrected chi connectivity index (χ2v) is 5.43. The monoisotopic (exact) mass is 331 g/mol. The molecular formula is C14H19Cl2N3O2. The van der Waals surface area contributed by atoms with Gasteiger partial charge < -0.3 is 16.4 Å². The number of halogens is 2.